The summed E-state index contributed by atoms with van der Waals surface area (Å²) in [6.07, 6.45) is 2.49. The van der Waals surface area contributed by atoms with E-state index in [9.17, 15) is 8.42 Å². The van der Waals surface area contributed by atoms with Gasteiger partial charge in [-0.15, -0.1) is 0 Å². The van der Waals surface area contributed by atoms with E-state index < -0.39 is 10.0 Å². The van der Waals surface area contributed by atoms with E-state index in [4.69, 9.17) is 0 Å². The van der Waals surface area contributed by atoms with Crippen molar-refractivity contribution < 1.29 is 8.42 Å². The Balaban J connectivity index is 2.19. The first-order valence-electron chi connectivity index (χ1n) is 5.96. The van der Waals surface area contributed by atoms with E-state index in [1.54, 1.807) is 19.1 Å². The molecule has 0 aromatic heterocycles. The maximum absolute atomic E-state index is 12.0. The van der Waals surface area contributed by atoms with Gasteiger partial charge in [0.2, 0.25) is 10.0 Å². The highest BCUT2D eigenvalue weighted by Gasteiger charge is 2.22. The van der Waals surface area contributed by atoms with Gasteiger partial charge in [0, 0.05) is 13.1 Å². The van der Waals surface area contributed by atoms with Gasteiger partial charge in [-0.2, -0.15) is 0 Å². The molecule has 0 bridgehead atoms. The van der Waals surface area contributed by atoms with Gasteiger partial charge in [-0.1, -0.05) is 19.1 Å². The van der Waals surface area contributed by atoms with Gasteiger partial charge in [-0.3, -0.25) is 0 Å². The minimum Gasteiger partial charge on any atom is -0.384 e. The Hall–Kier alpha value is -1.07. The number of rotatable bonds is 6. The molecule has 0 amide bonds. The highest BCUT2D eigenvalue weighted by molar-refractivity contribution is 7.89. The van der Waals surface area contributed by atoms with E-state index in [1.807, 2.05) is 12.1 Å². The molecule has 1 aromatic carbocycles. The first-order valence-corrected chi connectivity index (χ1v) is 7.44. The molecule has 1 saturated carbocycles. The minimum absolute atomic E-state index is 0.336. The summed E-state index contributed by atoms with van der Waals surface area (Å²) in [7, 11) is -3.38. The summed E-state index contributed by atoms with van der Waals surface area (Å²) in [5.41, 5.74) is 0.695. The zero-order valence-corrected chi connectivity index (χ0v) is 10.8. The molecule has 0 unspecified atom stereocenters. The number of anilines is 1. The largest absolute Gasteiger partial charge is 0.384 e. The van der Waals surface area contributed by atoms with Crippen LogP contribution in [0.5, 0.6) is 0 Å². The molecule has 1 aliphatic rings. The molecule has 2 rings (SSSR count). The van der Waals surface area contributed by atoms with E-state index in [0.29, 0.717) is 23.0 Å². The lowest BCUT2D eigenvalue weighted by Crippen LogP contribution is -2.24. The molecule has 17 heavy (non-hydrogen) atoms. The standard InChI is InChI=1S/C12H18N2O2S/c1-2-14-17(15,16)12-6-4-3-5-11(12)13-9-10-7-8-10/h3-6,10,13-14H,2,7-9H2,1H3. The van der Waals surface area contributed by atoms with Crippen molar-refractivity contribution in [2.45, 2.75) is 24.7 Å². The van der Waals surface area contributed by atoms with Crippen LogP contribution in [0.4, 0.5) is 5.69 Å². The Bertz CT molecular complexity index is 481. The first-order chi connectivity index (χ1) is 8.13. The fourth-order valence-corrected chi connectivity index (χ4v) is 2.91. The number of nitrogens with one attached hydrogen (secondary N) is 2. The van der Waals surface area contributed by atoms with Crippen molar-refractivity contribution in [3.8, 4) is 0 Å². The van der Waals surface area contributed by atoms with Gasteiger partial charge in [0.05, 0.1) is 5.69 Å². The molecule has 0 spiro atoms. The Kier molecular flexibility index (Phi) is 3.69. The van der Waals surface area contributed by atoms with Gasteiger partial charge in [-0.05, 0) is 30.9 Å². The van der Waals surface area contributed by atoms with Gasteiger partial charge >= 0.3 is 0 Å². The predicted octanol–water partition coefficient (Wildman–Crippen LogP) is 1.81. The molecule has 0 saturated heterocycles. The number of benzene rings is 1. The molecule has 1 fully saturated rings. The molecule has 4 nitrogen and oxygen atoms in total. The summed E-state index contributed by atoms with van der Waals surface area (Å²) in [5, 5.41) is 3.22. The van der Waals surface area contributed by atoms with Crippen molar-refractivity contribution in [1.82, 2.24) is 4.72 Å². The molecule has 0 atom stereocenters. The summed E-state index contributed by atoms with van der Waals surface area (Å²) < 4.78 is 26.4. The molecule has 1 aromatic rings. The second kappa shape index (κ2) is 5.06. The zero-order chi connectivity index (χ0) is 12.3. The van der Waals surface area contributed by atoms with Crippen molar-refractivity contribution in [2.24, 2.45) is 5.92 Å². The van der Waals surface area contributed by atoms with Crippen molar-refractivity contribution in [2.75, 3.05) is 18.4 Å². The van der Waals surface area contributed by atoms with Crippen LogP contribution >= 0.6 is 0 Å². The van der Waals surface area contributed by atoms with E-state index in [-0.39, 0.29) is 0 Å². The molecule has 1 aliphatic carbocycles. The third-order valence-corrected chi connectivity index (χ3v) is 4.39. The number of hydrogen-bond donors (Lipinski definition) is 2. The van der Waals surface area contributed by atoms with Crippen LogP contribution < -0.4 is 10.0 Å². The second-order valence-electron chi connectivity index (χ2n) is 4.32. The maximum atomic E-state index is 12.0. The van der Waals surface area contributed by atoms with Crippen LogP contribution in [0.25, 0.3) is 0 Å². The lowest BCUT2D eigenvalue weighted by Gasteiger charge is -2.12. The average molecular weight is 254 g/mol. The molecule has 5 heteroatoms. The van der Waals surface area contributed by atoms with Crippen LogP contribution in [-0.4, -0.2) is 21.5 Å². The fourth-order valence-electron chi connectivity index (χ4n) is 1.69. The lowest BCUT2D eigenvalue weighted by atomic mass is 10.3. The fraction of sp³-hybridized carbons (Fsp3) is 0.500. The molecule has 0 radical (unpaired) electrons. The maximum Gasteiger partial charge on any atom is 0.242 e. The van der Waals surface area contributed by atoms with Crippen LogP contribution in [0.1, 0.15) is 19.8 Å². The zero-order valence-electron chi connectivity index (χ0n) is 9.94. The highest BCUT2D eigenvalue weighted by atomic mass is 32.2. The smallest absolute Gasteiger partial charge is 0.242 e. The quantitative estimate of drug-likeness (QED) is 0.814. The average Bonchev–Trinajstić information content (AvgIpc) is 3.10. The first kappa shape index (κ1) is 12.4. The van der Waals surface area contributed by atoms with Crippen molar-refractivity contribution in [3.63, 3.8) is 0 Å². The third-order valence-electron chi connectivity index (χ3n) is 2.79. The Morgan fingerprint density at radius 2 is 2.00 bits per heavy atom. The summed E-state index contributed by atoms with van der Waals surface area (Å²) in [6, 6.07) is 7.03. The topological polar surface area (TPSA) is 58.2 Å². The summed E-state index contributed by atoms with van der Waals surface area (Å²) >= 11 is 0. The van der Waals surface area contributed by atoms with Crippen LogP contribution in [0, 0.1) is 5.92 Å². The highest BCUT2D eigenvalue weighted by Crippen LogP contribution is 2.30. The Morgan fingerprint density at radius 3 is 2.65 bits per heavy atom. The van der Waals surface area contributed by atoms with Crippen molar-refractivity contribution in [3.05, 3.63) is 24.3 Å². The summed E-state index contributed by atoms with van der Waals surface area (Å²) in [6.45, 7) is 3.04. The van der Waals surface area contributed by atoms with E-state index in [1.165, 1.54) is 12.8 Å². The van der Waals surface area contributed by atoms with E-state index in [0.717, 1.165) is 6.54 Å². The molecule has 0 heterocycles. The van der Waals surface area contributed by atoms with Crippen molar-refractivity contribution >= 4 is 15.7 Å². The van der Waals surface area contributed by atoms with E-state index in [2.05, 4.69) is 10.0 Å². The summed E-state index contributed by atoms with van der Waals surface area (Å²) in [5.74, 6) is 0.713. The van der Waals surface area contributed by atoms with Gasteiger partial charge < -0.3 is 5.32 Å². The summed E-state index contributed by atoms with van der Waals surface area (Å²) in [4.78, 5) is 0.336. The van der Waals surface area contributed by atoms with Gasteiger partial charge in [-0.25, -0.2) is 13.1 Å². The molecule has 2 N–H and O–H groups in total. The number of para-hydroxylation sites is 1. The molecule has 0 aliphatic heterocycles. The van der Waals surface area contributed by atoms with Crippen LogP contribution in [0.2, 0.25) is 0 Å². The Labute approximate surface area is 102 Å². The SMILES string of the molecule is CCNS(=O)(=O)c1ccccc1NCC1CC1. The third kappa shape index (κ3) is 3.20. The van der Waals surface area contributed by atoms with Crippen LogP contribution in [-0.2, 0) is 10.0 Å². The lowest BCUT2D eigenvalue weighted by molar-refractivity contribution is 0.584. The molecular weight excluding hydrogens is 236 g/mol. The number of hydrogen-bond acceptors (Lipinski definition) is 3. The van der Waals surface area contributed by atoms with Crippen LogP contribution in [0.3, 0.4) is 0 Å². The predicted molar refractivity (Wildman–Crippen MR) is 68.5 cm³/mol. The number of sulfonamides is 1. The van der Waals surface area contributed by atoms with E-state index >= 15 is 0 Å². The second-order valence-corrected chi connectivity index (χ2v) is 6.06. The minimum atomic E-state index is -3.38. The molecule has 94 valence electrons. The van der Waals surface area contributed by atoms with Gasteiger partial charge in [0.25, 0.3) is 0 Å². The Morgan fingerprint density at radius 1 is 1.29 bits per heavy atom. The van der Waals surface area contributed by atoms with Gasteiger partial charge in [0.1, 0.15) is 4.90 Å². The monoisotopic (exact) mass is 254 g/mol. The molecular formula is C12H18N2O2S. The normalized spacial score (nSPS) is 15.8. The van der Waals surface area contributed by atoms with Crippen molar-refractivity contribution in [1.29, 1.82) is 0 Å². The van der Waals surface area contributed by atoms with Gasteiger partial charge in [0.15, 0.2) is 0 Å². The van der Waals surface area contributed by atoms with Crippen LogP contribution in [0.15, 0.2) is 29.2 Å².